The number of carbonyl (C=O) groups excluding carboxylic acids is 1. The number of rotatable bonds is 10. The van der Waals surface area contributed by atoms with Crippen LogP contribution in [-0.2, 0) is 21.4 Å². The van der Waals surface area contributed by atoms with Gasteiger partial charge in [-0.15, -0.1) is 11.3 Å². The highest BCUT2D eigenvalue weighted by Gasteiger charge is 2.39. The normalized spacial score (nSPS) is 15.2. The van der Waals surface area contributed by atoms with Crippen molar-refractivity contribution >= 4 is 28.9 Å². The van der Waals surface area contributed by atoms with Gasteiger partial charge in [0.25, 0.3) is 0 Å². The minimum atomic E-state index is -0.851. The number of carboxylic acid groups (broad SMARTS) is 1. The van der Waals surface area contributed by atoms with Crippen LogP contribution in [0.5, 0.6) is 0 Å². The van der Waals surface area contributed by atoms with E-state index < -0.39 is 17.9 Å². The van der Waals surface area contributed by atoms with E-state index in [0.29, 0.717) is 12.2 Å². The van der Waals surface area contributed by atoms with Crippen LogP contribution in [0.2, 0.25) is 0 Å². The van der Waals surface area contributed by atoms with Gasteiger partial charge >= 0.3 is 5.97 Å². The predicted molar refractivity (Wildman–Crippen MR) is 200 cm³/mol. The number of carbonyl (C=O) groups is 2. The van der Waals surface area contributed by atoms with E-state index in [-0.39, 0.29) is 24.4 Å². The van der Waals surface area contributed by atoms with Crippen LogP contribution in [-0.4, -0.2) is 51.0 Å². The molecule has 1 aliphatic carbocycles. The van der Waals surface area contributed by atoms with E-state index in [0.717, 1.165) is 57.7 Å². The fourth-order valence-electron chi connectivity index (χ4n) is 6.37. The van der Waals surface area contributed by atoms with Gasteiger partial charge in [-0.3, -0.25) is 9.59 Å². The van der Waals surface area contributed by atoms with Crippen molar-refractivity contribution in [3.8, 4) is 33.6 Å². The third kappa shape index (κ3) is 7.26. The molecule has 1 saturated carbocycles. The van der Waals surface area contributed by atoms with Crippen molar-refractivity contribution in [1.82, 2.24) is 20.2 Å². The molecule has 2 N–H and O–H groups in total. The second kappa shape index (κ2) is 14.0. The monoisotopic (exact) mass is 682 g/mol. The van der Waals surface area contributed by atoms with Gasteiger partial charge in [-0.1, -0.05) is 99.6 Å². The summed E-state index contributed by atoms with van der Waals surface area (Å²) in [7, 11) is 0. The minimum absolute atomic E-state index is 0.0386. The molecular weight excluding hydrogens is 641 g/mol. The predicted octanol–water partition coefficient (Wildman–Crippen LogP) is 8.48. The molecule has 2 aliphatic rings. The quantitative estimate of drug-likeness (QED) is 0.154. The van der Waals surface area contributed by atoms with E-state index in [4.69, 9.17) is 0 Å². The number of hydrogen-bond donors (Lipinski definition) is 2. The van der Waals surface area contributed by atoms with Crippen LogP contribution in [0.25, 0.3) is 39.3 Å². The van der Waals surface area contributed by atoms with Gasteiger partial charge in [-0.05, 0) is 64.6 Å². The Kier molecular flexibility index (Phi) is 9.38. The zero-order chi connectivity index (χ0) is 34.8. The largest absolute Gasteiger partial charge is 0.481 e. The second-order valence-corrected chi connectivity index (χ2v) is 15.4. The van der Waals surface area contributed by atoms with Crippen LogP contribution in [0, 0.1) is 5.92 Å². The first-order valence-electron chi connectivity index (χ1n) is 17.3. The Morgan fingerprint density at radius 1 is 0.820 bits per heavy atom. The summed E-state index contributed by atoms with van der Waals surface area (Å²) in [5, 5.41) is 13.1. The summed E-state index contributed by atoms with van der Waals surface area (Å²) in [6.45, 7) is 7.14. The van der Waals surface area contributed by atoms with Gasteiger partial charge in [-0.2, -0.15) is 0 Å². The maximum atomic E-state index is 13.9. The van der Waals surface area contributed by atoms with E-state index in [9.17, 15) is 14.7 Å². The van der Waals surface area contributed by atoms with Crippen molar-refractivity contribution in [1.29, 1.82) is 0 Å². The number of amides is 1. The van der Waals surface area contributed by atoms with Gasteiger partial charge in [-0.25, -0.2) is 9.97 Å². The van der Waals surface area contributed by atoms with Crippen molar-refractivity contribution < 1.29 is 14.7 Å². The molecule has 1 unspecified atom stereocenters. The van der Waals surface area contributed by atoms with E-state index in [1.807, 2.05) is 54.9 Å². The molecule has 0 bridgehead atoms. The van der Waals surface area contributed by atoms with Crippen LogP contribution in [0.1, 0.15) is 55.4 Å². The number of carboxylic acids is 1. The van der Waals surface area contributed by atoms with Crippen LogP contribution < -0.4 is 5.32 Å². The number of thiophene rings is 1. The molecular formula is C42H42N4O3S. The summed E-state index contributed by atoms with van der Waals surface area (Å²) in [4.78, 5) is 38.9. The molecule has 1 saturated heterocycles. The SMILES string of the molecule is CC(C)(C)c1ccc(C(NC(Cc2ccc(-c3ncc(-c4ccc(-c5ccccc5)cc4)cn3)cc2)C(=O)N2CC(C(=O)O)C2)=C2CCC2)s1. The van der Waals surface area contributed by atoms with Gasteiger partial charge in [0, 0.05) is 47.9 Å². The summed E-state index contributed by atoms with van der Waals surface area (Å²) in [5.74, 6) is -0.783. The lowest BCUT2D eigenvalue weighted by atomic mass is 9.89. The minimum Gasteiger partial charge on any atom is -0.481 e. The third-order valence-corrected chi connectivity index (χ3v) is 11.2. The Labute approximate surface area is 297 Å². The lowest BCUT2D eigenvalue weighted by Gasteiger charge is -2.39. The molecule has 2 fully saturated rings. The smallest absolute Gasteiger partial charge is 0.310 e. The third-order valence-electron chi connectivity index (χ3n) is 9.69. The highest BCUT2D eigenvalue weighted by molar-refractivity contribution is 7.13. The lowest BCUT2D eigenvalue weighted by molar-refractivity contribution is -0.153. The maximum absolute atomic E-state index is 13.9. The molecule has 8 heteroatoms. The lowest BCUT2D eigenvalue weighted by Crippen LogP contribution is -2.58. The highest BCUT2D eigenvalue weighted by Crippen LogP contribution is 2.38. The van der Waals surface area contributed by atoms with Crippen molar-refractivity contribution in [2.75, 3.05) is 13.1 Å². The molecule has 5 aromatic rings. The standard InChI is InChI=1S/C42H42N4O3S/c1-42(2,3)37-21-20-36(50-37)38(31-10-7-11-31)45-35(40(47)46-25-34(26-46)41(48)49)22-27-12-14-32(15-13-27)39-43-23-33(24-44-39)30-18-16-29(17-19-30)28-8-5-4-6-9-28/h4-6,8-9,12-21,23-24,34-35,45H,7,10-11,22,25-26H2,1-3H3,(H,48,49). The van der Waals surface area contributed by atoms with E-state index in [2.05, 4.69) is 84.6 Å². The van der Waals surface area contributed by atoms with Gasteiger partial charge in [0.2, 0.25) is 5.91 Å². The molecule has 1 amide bonds. The van der Waals surface area contributed by atoms with Crippen LogP contribution in [0.3, 0.4) is 0 Å². The van der Waals surface area contributed by atoms with Crippen molar-refractivity contribution in [3.05, 3.63) is 124 Å². The maximum Gasteiger partial charge on any atom is 0.310 e. The average molecular weight is 683 g/mol. The number of allylic oxidation sites excluding steroid dienone is 1. The zero-order valence-corrected chi connectivity index (χ0v) is 29.5. The first-order chi connectivity index (χ1) is 24.1. The summed E-state index contributed by atoms with van der Waals surface area (Å²) in [5.41, 5.74) is 8.70. The molecule has 254 valence electrons. The molecule has 50 heavy (non-hydrogen) atoms. The highest BCUT2D eigenvalue weighted by atomic mass is 32.1. The van der Waals surface area contributed by atoms with Crippen molar-refractivity contribution in [2.24, 2.45) is 5.92 Å². The van der Waals surface area contributed by atoms with Gasteiger partial charge in [0.15, 0.2) is 5.82 Å². The van der Waals surface area contributed by atoms with Gasteiger partial charge in [0.1, 0.15) is 6.04 Å². The molecule has 2 aromatic heterocycles. The first-order valence-corrected chi connectivity index (χ1v) is 18.1. The number of hydrogen-bond acceptors (Lipinski definition) is 6. The summed E-state index contributed by atoms with van der Waals surface area (Å²) in [6, 6.07) is 30.7. The summed E-state index contributed by atoms with van der Waals surface area (Å²) in [6.07, 6.45) is 7.37. The summed E-state index contributed by atoms with van der Waals surface area (Å²) < 4.78 is 0. The Balaban J connectivity index is 1.08. The number of nitrogens with one attached hydrogen (secondary N) is 1. The number of benzene rings is 3. The van der Waals surface area contributed by atoms with Gasteiger partial charge < -0.3 is 15.3 Å². The molecule has 0 radical (unpaired) electrons. The zero-order valence-electron chi connectivity index (χ0n) is 28.7. The van der Waals surface area contributed by atoms with Crippen molar-refractivity contribution in [2.45, 2.75) is 57.9 Å². The van der Waals surface area contributed by atoms with Crippen LogP contribution in [0.4, 0.5) is 0 Å². The van der Waals surface area contributed by atoms with E-state index in [1.165, 1.54) is 16.0 Å². The molecule has 3 aromatic carbocycles. The average Bonchev–Trinajstić information content (AvgIpc) is 3.58. The Morgan fingerprint density at radius 3 is 1.98 bits per heavy atom. The molecule has 1 atom stereocenters. The fourth-order valence-corrected chi connectivity index (χ4v) is 7.49. The van der Waals surface area contributed by atoms with Gasteiger partial charge in [0.05, 0.1) is 16.5 Å². The second-order valence-electron chi connectivity index (χ2n) is 14.4. The summed E-state index contributed by atoms with van der Waals surface area (Å²) >= 11 is 1.78. The molecule has 1 aliphatic heterocycles. The topological polar surface area (TPSA) is 95.4 Å². The van der Waals surface area contributed by atoms with Crippen LogP contribution in [0.15, 0.2) is 109 Å². The van der Waals surface area contributed by atoms with Crippen molar-refractivity contribution in [3.63, 3.8) is 0 Å². The number of aromatic nitrogens is 2. The molecule has 7 nitrogen and oxygen atoms in total. The van der Waals surface area contributed by atoms with Crippen LogP contribution >= 0.6 is 11.3 Å². The molecule has 7 rings (SSSR count). The first kappa shape index (κ1) is 33.4. The number of likely N-dealkylation sites (tertiary alicyclic amines) is 1. The Morgan fingerprint density at radius 2 is 1.42 bits per heavy atom. The number of aliphatic carboxylic acids is 1. The van der Waals surface area contributed by atoms with E-state index >= 15 is 0 Å². The van der Waals surface area contributed by atoms with E-state index in [1.54, 1.807) is 16.2 Å². The molecule has 0 spiro atoms. The Bertz CT molecular complexity index is 2000. The number of nitrogens with zero attached hydrogens (tertiary/aromatic N) is 3. The fraction of sp³-hybridized carbons (Fsp3) is 0.286. The Hall–Kier alpha value is -5.08. The molecule has 3 heterocycles.